The molecule has 2 heterocycles. The Morgan fingerprint density at radius 1 is 1.55 bits per heavy atom. The van der Waals surface area contributed by atoms with Gasteiger partial charge in [-0.15, -0.1) is 0 Å². The van der Waals surface area contributed by atoms with E-state index in [2.05, 4.69) is 15.7 Å². The number of carbonyl (C=O) groups is 2. The van der Waals surface area contributed by atoms with E-state index in [-0.39, 0.29) is 18.4 Å². The van der Waals surface area contributed by atoms with E-state index in [1.807, 2.05) is 25.7 Å². The van der Waals surface area contributed by atoms with Crippen LogP contribution >= 0.6 is 0 Å². The van der Waals surface area contributed by atoms with Crippen molar-refractivity contribution in [2.75, 3.05) is 25.0 Å². The van der Waals surface area contributed by atoms with E-state index >= 15 is 0 Å². The zero-order chi connectivity index (χ0) is 14.9. The van der Waals surface area contributed by atoms with Crippen LogP contribution in [0, 0.1) is 6.92 Å². The second kappa shape index (κ2) is 5.24. The van der Waals surface area contributed by atoms with Crippen LogP contribution in [0.25, 0.3) is 0 Å². The van der Waals surface area contributed by atoms with Gasteiger partial charge in [0.2, 0.25) is 11.8 Å². The van der Waals surface area contributed by atoms with Gasteiger partial charge in [-0.2, -0.15) is 5.10 Å². The average molecular weight is 279 g/mol. The number of aryl methyl sites for hydroxylation is 2. The second-order valence-electron chi connectivity index (χ2n) is 5.59. The number of rotatable bonds is 3. The number of hydrogen-bond acceptors (Lipinski definition) is 4. The molecule has 2 amide bonds. The first-order valence-electron chi connectivity index (χ1n) is 6.64. The zero-order valence-corrected chi connectivity index (χ0v) is 12.4. The van der Waals surface area contributed by atoms with Crippen LogP contribution in [-0.4, -0.2) is 51.7 Å². The molecule has 0 saturated carbocycles. The highest BCUT2D eigenvalue weighted by Gasteiger charge is 2.38. The van der Waals surface area contributed by atoms with Crippen LogP contribution in [0.4, 0.5) is 5.69 Å². The summed E-state index contributed by atoms with van der Waals surface area (Å²) < 4.78 is 1.66. The van der Waals surface area contributed by atoms with Crippen molar-refractivity contribution in [3.8, 4) is 0 Å². The first-order chi connectivity index (χ1) is 9.30. The predicted molar refractivity (Wildman–Crippen MR) is 75.2 cm³/mol. The van der Waals surface area contributed by atoms with Gasteiger partial charge in [-0.25, -0.2) is 0 Å². The lowest BCUT2D eigenvalue weighted by Crippen LogP contribution is -2.62. The number of nitrogens with one attached hydrogen (secondary N) is 2. The first kappa shape index (κ1) is 14.5. The molecule has 0 aliphatic carbocycles. The third kappa shape index (κ3) is 2.82. The van der Waals surface area contributed by atoms with E-state index in [0.29, 0.717) is 18.8 Å². The van der Waals surface area contributed by atoms with Gasteiger partial charge in [-0.3, -0.25) is 19.2 Å². The van der Waals surface area contributed by atoms with Crippen LogP contribution in [-0.2, 0) is 16.6 Å². The van der Waals surface area contributed by atoms with Gasteiger partial charge in [-0.05, 0) is 20.8 Å². The van der Waals surface area contributed by atoms with Crippen molar-refractivity contribution in [2.24, 2.45) is 7.05 Å². The number of anilines is 1. The number of carbonyl (C=O) groups excluding carboxylic acids is 2. The highest BCUT2D eigenvalue weighted by atomic mass is 16.2. The molecule has 0 aromatic carbocycles. The largest absolute Gasteiger partial charge is 0.353 e. The Morgan fingerprint density at radius 3 is 2.85 bits per heavy atom. The van der Waals surface area contributed by atoms with Gasteiger partial charge in [0.05, 0.1) is 23.5 Å². The molecule has 0 spiro atoms. The highest BCUT2D eigenvalue weighted by Crippen LogP contribution is 2.18. The number of hydrogen-bond donors (Lipinski definition) is 2. The summed E-state index contributed by atoms with van der Waals surface area (Å²) in [5, 5.41) is 9.82. The number of piperazine rings is 1. The Balaban J connectivity index is 2.01. The number of amides is 2. The molecule has 1 aromatic rings. The van der Waals surface area contributed by atoms with E-state index in [9.17, 15) is 9.59 Å². The minimum atomic E-state index is -0.667. The third-order valence-corrected chi connectivity index (χ3v) is 3.64. The molecule has 1 aliphatic heterocycles. The highest BCUT2D eigenvalue weighted by molar-refractivity contribution is 5.94. The fourth-order valence-electron chi connectivity index (χ4n) is 2.31. The summed E-state index contributed by atoms with van der Waals surface area (Å²) in [4.78, 5) is 25.8. The summed E-state index contributed by atoms with van der Waals surface area (Å²) in [5.41, 5.74) is 0.813. The molecule has 1 aromatic heterocycles. The fourth-order valence-corrected chi connectivity index (χ4v) is 2.31. The van der Waals surface area contributed by atoms with Crippen LogP contribution < -0.4 is 10.6 Å². The van der Waals surface area contributed by atoms with Crippen molar-refractivity contribution in [3.63, 3.8) is 0 Å². The molecule has 110 valence electrons. The van der Waals surface area contributed by atoms with Crippen molar-refractivity contribution < 1.29 is 9.59 Å². The monoisotopic (exact) mass is 279 g/mol. The van der Waals surface area contributed by atoms with Crippen LogP contribution in [0.1, 0.15) is 19.5 Å². The van der Waals surface area contributed by atoms with Crippen LogP contribution in [0.2, 0.25) is 0 Å². The maximum Gasteiger partial charge on any atom is 0.240 e. The molecule has 2 rings (SSSR count). The van der Waals surface area contributed by atoms with E-state index in [1.54, 1.807) is 17.9 Å². The van der Waals surface area contributed by atoms with Crippen molar-refractivity contribution in [1.29, 1.82) is 0 Å². The third-order valence-electron chi connectivity index (χ3n) is 3.64. The summed E-state index contributed by atoms with van der Waals surface area (Å²) in [6.45, 7) is 6.91. The fraction of sp³-hybridized carbons (Fsp3) is 0.615. The molecule has 0 radical (unpaired) electrons. The minimum Gasteiger partial charge on any atom is -0.353 e. The summed E-state index contributed by atoms with van der Waals surface area (Å²) >= 11 is 0. The van der Waals surface area contributed by atoms with Gasteiger partial charge >= 0.3 is 0 Å². The lowest BCUT2D eigenvalue weighted by molar-refractivity contribution is -0.136. The van der Waals surface area contributed by atoms with Gasteiger partial charge in [-0.1, -0.05) is 0 Å². The molecule has 0 atom stereocenters. The topological polar surface area (TPSA) is 79.3 Å². The van der Waals surface area contributed by atoms with Gasteiger partial charge in [0.25, 0.3) is 0 Å². The number of nitrogens with zero attached hydrogens (tertiary/aromatic N) is 3. The molecule has 0 unspecified atom stereocenters. The lowest BCUT2D eigenvalue weighted by atomic mass is 9.99. The van der Waals surface area contributed by atoms with Crippen LogP contribution in [0.5, 0.6) is 0 Å². The Kier molecular flexibility index (Phi) is 3.80. The molecule has 7 nitrogen and oxygen atoms in total. The SMILES string of the molecule is Cc1nn(C)cc1NC(=O)CN1CCNC(=O)C1(C)C. The Hall–Kier alpha value is -1.89. The molecule has 7 heteroatoms. The molecular formula is C13H21N5O2. The average Bonchev–Trinajstić information content (AvgIpc) is 2.64. The molecule has 1 saturated heterocycles. The predicted octanol–water partition coefficient (Wildman–Crippen LogP) is -0.123. The summed E-state index contributed by atoms with van der Waals surface area (Å²) in [6.07, 6.45) is 1.77. The Labute approximate surface area is 118 Å². The number of aromatic nitrogens is 2. The van der Waals surface area contributed by atoms with Crippen molar-refractivity contribution in [3.05, 3.63) is 11.9 Å². The molecule has 2 N–H and O–H groups in total. The molecule has 1 aliphatic rings. The van der Waals surface area contributed by atoms with Crippen molar-refractivity contribution in [2.45, 2.75) is 26.3 Å². The quantitative estimate of drug-likeness (QED) is 0.808. The van der Waals surface area contributed by atoms with Crippen molar-refractivity contribution in [1.82, 2.24) is 20.0 Å². The van der Waals surface area contributed by atoms with E-state index < -0.39 is 5.54 Å². The smallest absolute Gasteiger partial charge is 0.240 e. The van der Waals surface area contributed by atoms with E-state index in [1.165, 1.54) is 0 Å². The second-order valence-corrected chi connectivity index (χ2v) is 5.59. The van der Waals surface area contributed by atoms with Crippen molar-refractivity contribution >= 4 is 17.5 Å². The molecule has 20 heavy (non-hydrogen) atoms. The molecule has 0 bridgehead atoms. The van der Waals surface area contributed by atoms with Gasteiger partial charge < -0.3 is 10.6 Å². The van der Waals surface area contributed by atoms with E-state index in [4.69, 9.17) is 0 Å². The summed E-state index contributed by atoms with van der Waals surface area (Å²) in [5.74, 6) is -0.182. The van der Waals surface area contributed by atoms with Gasteiger partial charge in [0.1, 0.15) is 0 Å². The Morgan fingerprint density at radius 2 is 2.25 bits per heavy atom. The molecule has 1 fully saturated rings. The maximum atomic E-state index is 12.1. The van der Waals surface area contributed by atoms with Gasteiger partial charge in [0, 0.05) is 26.3 Å². The van der Waals surface area contributed by atoms with Crippen LogP contribution in [0.3, 0.4) is 0 Å². The summed E-state index contributed by atoms with van der Waals surface area (Å²) in [7, 11) is 1.81. The molecular weight excluding hydrogens is 258 g/mol. The normalized spacial score (nSPS) is 18.7. The lowest BCUT2D eigenvalue weighted by Gasteiger charge is -2.40. The Bertz CT molecular complexity index is 535. The maximum absolute atomic E-state index is 12.1. The minimum absolute atomic E-state index is 0.0471. The zero-order valence-electron chi connectivity index (χ0n) is 12.4. The van der Waals surface area contributed by atoms with Gasteiger partial charge in [0.15, 0.2) is 0 Å². The van der Waals surface area contributed by atoms with Crippen LogP contribution in [0.15, 0.2) is 6.20 Å². The standard InChI is InChI=1S/C13H21N5O2/c1-9-10(7-17(4)16-9)15-11(19)8-18-6-5-14-12(20)13(18,2)3/h7H,5-6,8H2,1-4H3,(H,14,20)(H,15,19). The van der Waals surface area contributed by atoms with E-state index in [0.717, 1.165) is 5.69 Å². The summed E-state index contributed by atoms with van der Waals surface area (Å²) in [6, 6.07) is 0. The first-order valence-corrected chi connectivity index (χ1v) is 6.64.